The normalized spacial score (nSPS) is 29.6. The van der Waals surface area contributed by atoms with Gasteiger partial charge in [-0.3, -0.25) is 9.59 Å². The van der Waals surface area contributed by atoms with Crippen molar-refractivity contribution < 1.29 is 23.1 Å². The van der Waals surface area contributed by atoms with Gasteiger partial charge in [-0.25, -0.2) is 18.7 Å². The number of aryl methyl sites for hydroxylation is 1. The van der Waals surface area contributed by atoms with Crippen molar-refractivity contribution in [2.45, 2.75) is 101 Å². The fraction of sp³-hybridized carbons (Fsp3) is 0.568. The number of benzene rings is 1. The van der Waals surface area contributed by atoms with Crippen LogP contribution in [0.1, 0.15) is 92.8 Å². The van der Waals surface area contributed by atoms with E-state index in [1.165, 1.54) is 0 Å². The Morgan fingerprint density at radius 3 is 2.65 bits per heavy atom. The number of nitrogens with two attached hydrogens (primary N) is 1. The summed E-state index contributed by atoms with van der Waals surface area (Å²) in [5.41, 5.74) is 10.9. The highest BCUT2D eigenvalue weighted by Gasteiger charge is 2.71. The van der Waals surface area contributed by atoms with Crippen LogP contribution in [0.5, 0.6) is 5.75 Å². The number of fused-ring (bicyclic) bond motifs is 5. The van der Waals surface area contributed by atoms with E-state index in [1.54, 1.807) is 14.0 Å². The number of pyridine rings is 1. The van der Waals surface area contributed by atoms with E-state index >= 15 is 0 Å². The number of likely N-dealkylation sites (tertiary alicyclic amines) is 1. The Hall–Kier alpha value is -4.06. The molecule has 9 rings (SSSR count). The Labute approximate surface area is 283 Å². The zero-order valence-corrected chi connectivity index (χ0v) is 28.0. The van der Waals surface area contributed by atoms with Crippen molar-refractivity contribution in [3.8, 4) is 17.3 Å². The van der Waals surface area contributed by atoms with Crippen LogP contribution in [0.2, 0.25) is 0 Å². The number of rotatable bonds is 4. The summed E-state index contributed by atoms with van der Waals surface area (Å²) in [6.07, 6.45) is 7.56. The van der Waals surface area contributed by atoms with Crippen molar-refractivity contribution in [1.29, 1.82) is 0 Å². The van der Waals surface area contributed by atoms with E-state index in [1.807, 2.05) is 29.2 Å². The quantitative estimate of drug-likeness (QED) is 0.276. The zero-order chi connectivity index (χ0) is 33.8. The molecule has 3 N–H and O–H groups in total. The van der Waals surface area contributed by atoms with Gasteiger partial charge in [-0.2, -0.15) is 0 Å². The predicted molar refractivity (Wildman–Crippen MR) is 180 cm³/mol. The van der Waals surface area contributed by atoms with Gasteiger partial charge < -0.3 is 29.8 Å². The maximum Gasteiger partial charge on any atom is 0.263 e. The first kappa shape index (κ1) is 31.0. The molecule has 4 aromatic rings. The van der Waals surface area contributed by atoms with Crippen LogP contribution < -0.4 is 15.8 Å². The number of halogens is 2. The van der Waals surface area contributed by atoms with Gasteiger partial charge >= 0.3 is 0 Å². The topological polar surface area (TPSA) is 120 Å². The first-order valence-electron chi connectivity index (χ1n) is 18.0. The molecule has 5 heterocycles. The van der Waals surface area contributed by atoms with Crippen molar-refractivity contribution in [3.05, 3.63) is 41.6 Å². The van der Waals surface area contributed by atoms with Gasteiger partial charge in [0.25, 0.3) is 11.8 Å². The molecule has 3 aliphatic carbocycles. The van der Waals surface area contributed by atoms with Gasteiger partial charge in [-0.05, 0) is 88.1 Å². The van der Waals surface area contributed by atoms with Crippen LogP contribution in [-0.4, -0.2) is 67.5 Å². The molecule has 4 fully saturated rings. The van der Waals surface area contributed by atoms with Crippen LogP contribution in [-0.2, 0) is 11.3 Å². The van der Waals surface area contributed by atoms with Crippen LogP contribution in [0, 0.1) is 17.8 Å². The summed E-state index contributed by atoms with van der Waals surface area (Å²) in [5.74, 6) is -3.83. The molecule has 2 amide bonds. The number of alkyl halides is 2. The lowest BCUT2D eigenvalue weighted by Gasteiger charge is -2.37. The van der Waals surface area contributed by atoms with Crippen LogP contribution in [0.3, 0.4) is 0 Å². The Kier molecular flexibility index (Phi) is 7.09. The van der Waals surface area contributed by atoms with Gasteiger partial charge in [0.15, 0.2) is 5.82 Å². The number of carbonyl (C=O) groups is 2. The Balaban J connectivity index is 1.13. The molecule has 0 unspecified atom stereocenters. The minimum Gasteiger partial charge on any atom is -0.494 e. The van der Waals surface area contributed by atoms with Crippen molar-refractivity contribution in [2.24, 2.45) is 23.5 Å². The second kappa shape index (κ2) is 11.2. The number of nitrogens with one attached hydrogen (secondary N) is 1. The van der Waals surface area contributed by atoms with Crippen molar-refractivity contribution in [1.82, 2.24) is 29.3 Å². The predicted octanol–water partition coefficient (Wildman–Crippen LogP) is 5.98. The number of carbonyl (C=O) groups excluding carboxylic acids is 2. The minimum atomic E-state index is -2.95. The number of hydrogen-bond donors (Lipinski definition) is 2. The largest absolute Gasteiger partial charge is 0.494 e. The zero-order valence-electron chi connectivity index (χ0n) is 28.0. The SMILES string of the molecule is COc1cc(C(=O)N2C[C@H](N)[C@@H]3CC[C@H]2C3)cc2nc(-c3cc4ccc5nc4n3CCCCC[C@H]3[C@H](C(=O)N[C@@H]5C)C3(F)F)n(C3CC3)c12. The monoisotopic (exact) mass is 671 g/mol. The van der Waals surface area contributed by atoms with Crippen molar-refractivity contribution in [2.75, 3.05) is 13.7 Å². The molecule has 0 radical (unpaired) electrons. The first-order valence-corrected chi connectivity index (χ1v) is 18.0. The molecular formula is C37H43F2N7O3. The van der Waals surface area contributed by atoms with E-state index < -0.39 is 29.7 Å². The Morgan fingerprint density at radius 1 is 1.04 bits per heavy atom. The van der Waals surface area contributed by atoms with Gasteiger partial charge in [0, 0.05) is 48.1 Å². The number of amides is 2. The highest BCUT2D eigenvalue weighted by atomic mass is 19.3. The third-order valence-corrected chi connectivity index (χ3v) is 12.0. The first-order chi connectivity index (χ1) is 23.6. The highest BCUT2D eigenvalue weighted by Crippen LogP contribution is 2.58. The highest BCUT2D eigenvalue weighted by molar-refractivity contribution is 6.00. The molecule has 4 bridgehead atoms. The number of ether oxygens (including phenoxy) is 1. The summed E-state index contributed by atoms with van der Waals surface area (Å²) in [5, 5.41) is 3.75. The number of piperidine rings is 1. The number of hydrogen-bond acceptors (Lipinski definition) is 6. The lowest BCUT2D eigenvalue weighted by molar-refractivity contribution is -0.125. The van der Waals surface area contributed by atoms with E-state index in [-0.39, 0.29) is 24.0 Å². The average Bonchev–Trinajstić information content (AvgIpc) is 3.82. The number of methoxy groups -OCH3 is 1. The summed E-state index contributed by atoms with van der Waals surface area (Å²) in [7, 11) is 1.64. The number of nitrogens with zero attached hydrogens (tertiary/aromatic N) is 5. The lowest BCUT2D eigenvalue weighted by Crippen LogP contribution is -2.51. The molecule has 0 spiro atoms. The molecule has 2 aliphatic heterocycles. The smallest absolute Gasteiger partial charge is 0.263 e. The molecule has 10 nitrogen and oxygen atoms in total. The van der Waals surface area contributed by atoms with E-state index in [0.29, 0.717) is 54.4 Å². The van der Waals surface area contributed by atoms with Crippen LogP contribution in [0.25, 0.3) is 33.6 Å². The van der Waals surface area contributed by atoms with Crippen LogP contribution in [0.15, 0.2) is 30.3 Å². The third-order valence-electron chi connectivity index (χ3n) is 12.0. The summed E-state index contributed by atoms with van der Waals surface area (Å²) < 4.78 is 39.6. The number of aromatic nitrogens is 4. The van der Waals surface area contributed by atoms with Gasteiger partial charge in [-0.15, -0.1) is 0 Å². The Bertz CT molecular complexity index is 2000. The van der Waals surface area contributed by atoms with E-state index in [9.17, 15) is 18.4 Å². The fourth-order valence-corrected chi connectivity index (χ4v) is 9.04. The van der Waals surface area contributed by atoms with Gasteiger partial charge in [0.05, 0.1) is 30.1 Å². The van der Waals surface area contributed by atoms with E-state index in [2.05, 4.69) is 20.5 Å². The van der Waals surface area contributed by atoms with Gasteiger partial charge in [0.2, 0.25) is 5.91 Å². The Morgan fingerprint density at radius 2 is 1.86 bits per heavy atom. The summed E-state index contributed by atoms with van der Waals surface area (Å²) in [6.45, 7) is 3.01. The molecule has 12 heteroatoms. The fourth-order valence-electron chi connectivity index (χ4n) is 9.04. The molecule has 49 heavy (non-hydrogen) atoms. The molecular weight excluding hydrogens is 628 g/mol. The van der Waals surface area contributed by atoms with Crippen LogP contribution >= 0.6 is 0 Å². The van der Waals surface area contributed by atoms with Crippen molar-refractivity contribution >= 4 is 33.9 Å². The number of imidazole rings is 1. The maximum absolute atomic E-state index is 14.6. The molecule has 1 aromatic carbocycles. The third kappa shape index (κ3) is 4.95. The molecule has 6 atom stereocenters. The molecule has 258 valence electrons. The van der Waals surface area contributed by atoms with Gasteiger partial charge in [-0.1, -0.05) is 12.8 Å². The van der Waals surface area contributed by atoms with E-state index in [4.69, 9.17) is 20.4 Å². The van der Waals surface area contributed by atoms with Crippen molar-refractivity contribution in [3.63, 3.8) is 0 Å². The van der Waals surface area contributed by atoms with E-state index in [0.717, 1.165) is 73.0 Å². The summed E-state index contributed by atoms with van der Waals surface area (Å²) in [4.78, 5) is 39.1. The molecule has 3 saturated carbocycles. The minimum absolute atomic E-state index is 0.00120. The molecule has 3 aromatic heterocycles. The molecule has 1 saturated heterocycles. The second-order valence-corrected chi connectivity index (χ2v) is 15.1. The molecule has 5 aliphatic rings. The average molecular weight is 672 g/mol. The van der Waals surface area contributed by atoms with Crippen LogP contribution in [0.4, 0.5) is 8.78 Å². The standard InChI is InChI=1S/C37H43F2N7O3/c1-19-27-12-8-21-16-29(44(33(21)42-27)13-5-3-4-6-25-31(35(47)41-19)37(25,38)39)34-43-28-15-22(17-30(49-2)32(28)46(34)23-10-11-23)36(48)45-18-26(40)20-7-9-24(45)14-20/h8,12,15-17,19-20,23-26,31H,3-7,9-11,13-14,18,40H2,1-2H3,(H,41,47)/t19-,20-,24+,25+,26+,31-/m1/s1. The maximum atomic E-state index is 14.6. The summed E-state index contributed by atoms with van der Waals surface area (Å²) in [6, 6.07) is 9.68. The summed E-state index contributed by atoms with van der Waals surface area (Å²) >= 11 is 0. The second-order valence-electron chi connectivity index (χ2n) is 15.1. The lowest BCUT2D eigenvalue weighted by atomic mass is 9.94. The van der Waals surface area contributed by atoms with Gasteiger partial charge in [0.1, 0.15) is 22.8 Å².